The Hall–Kier alpha value is -0.269. The van der Waals surface area contributed by atoms with Crippen LogP contribution >= 0.6 is 0 Å². The van der Waals surface area contributed by atoms with E-state index in [1.165, 1.54) is 12.8 Å². The van der Waals surface area contributed by atoms with Crippen molar-refractivity contribution in [3.8, 4) is 0 Å². The Labute approximate surface area is 190 Å². The molecule has 1 aromatic carbocycles. The van der Waals surface area contributed by atoms with Gasteiger partial charge in [-0.15, -0.1) is 0 Å². The average Bonchev–Trinajstić information content (AvgIpc) is 2.63. The van der Waals surface area contributed by atoms with E-state index in [9.17, 15) is 9.59 Å². The second kappa shape index (κ2) is 10.8. The average molecular weight is 470 g/mol. The SMILES string of the molecule is O=C(OC1CCCCC1)c1ccc(C(=O)OC2CCCCC2)cc1.[BaH2]. The molecule has 25 heavy (non-hydrogen) atoms. The van der Waals surface area contributed by atoms with E-state index in [2.05, 4.69) is 0 Å². The van der Waals surface area contributed by atoms with Gasteiger partial charge in [0.2, 0.25) is 0 Å². The molecule has 2 aliphatic carbocycles. The Morgan fingerprint density at radius 1 is 0.640 bits per heavy atom. The van der Waals surface area contributed by atoms with Gasteiger partial charge in [0.15, 0.2) is 0 Å². The molecule has 2 saturated carbocycles. The van der Waals surface area contributed by atoms with Crippen molar-refractivity contribution in [3.05, 3.63) is 35.4 Å². The predicted octanol–water partition coefficient (Wildman–Crippen LogP) is 3.75. The quantitative estimate of drug-likeness (QED) is 0.498. The topological polar surface area (TPSA) is 52.6 Å². The van der Waals surface area contributed by atoms with Crippen LogP contribution in [0.5, 0.6) is 0 Å². The number of esters is 2. The maximum absolute atomic E-state index is 12.2. The van der Waals surface area contributed by atoms with Gasteiger partial charge in [0.25, 0.3) is 0 Å². The number of ether oxygens (including phenoxy) is 2. The van der Waals surface area contributed by atoms with Gasteiger partial charge in [-0.05, 0) is 75.6 Å². The molecule has 134 valence electrons. The van der Waals surface area contributed by atoms with Gasteiger partial charge in [-0.25, -0.2) is 9.59 Å². The summed E-state index contributed by atoms with van der Waals surface area (Å²) in [5.74, 6) is -0.594. The molecule has 0 aliphatic heterocycles. The fourth-order valence-electron chi connectivity index (χ4n) is 3.55. The number of carbonyl (C=O) groups is 2. The minimum absolute atomic E-state index is 0. The van der Waals surface area contributed by atoms with E-state index in [0.29, 0.717) is 11.1 Å². The number of carbonyl (C=O) groups excluding carboxylic acids is 2. The van der Waals surface area contributed by atoms with Crippen LogP contribution in [0.2, 0.25) is 0 Å². The van der Waals surface area contributed by atoms with E-state index in [-0.39, 0.29) is 73.0 Å². The van der Waals surface area contributed by atoms with Crippen LogP contribution in [0.1, 0.15) is 84.9 Å². The summed E-state index contributed by atoms with van der Waals surface area (Å²) in [4.78, 5) is 24.3. The molecule has 0 bridgehead atoms. The van der Waals surface area contributed by atoms with Crippen molar-refractivity contribution in [2.45, 2.75) is 76.4 Å². The van der Waals surface area contributed by atoms with Gasteiger partial charge >= 0.3 is 60.8 Å². The monoisotopic (exact) mass is 470 g/mol. The number of rotatable bonds is 4. The van der Waals surface area contributed by atoms with Crippen LogP contribution in [0.4, 0.5) is 0 Å². The van der Waals surface area contributed by atoms with Crippen molar-refractivity contribution in [3.63, 3.8) is 0 Å². The van der Waals surface area contributed by atoms with Gasteiger partial charge < -0.3 is 9.47 Å². The van der Waals surface area contributed by atoms with E-state index in [1.54, 1.807) is 24.3 Å². The van der Waals surface area contributed by atoms with Gasteiger partial charge in [-0.1, -0.05) is 12.8 Å². The first-order chi connectivity index (χ1) is 11.7. The molecule has 0 aromatic heterocycles. The molecule has 2 aliphatic rings. The zero-order valence-corrected chi connectivity index (χ0v) is 14.2. The number of hydrogen-bond acceptors (Lipinski definition) is 4. The van der Waals surface area contributed by atoms with Crippen molar-refractivity contribution in [2.75, 3.05) is 0 Å². The van der Waals surface area contributed by atoms with Crippen LogP contribution in [0.3, 0.4) is 0 Å². The molecule has 3 rings (SSSR count). The van der Waals surface area contributed by atoms with Crippen LogP contribution in [-0.4, -0.2) is 73.0 Å². The minimum atomic E-state index is -0.297. The van der Waals surface area contributed by atoms with E-state index in [0.717, 1.165) is 51.4 Å². The molecule has 0 spiro atoms. The summed E-state index contributed by atoms with van der Waals surface area (Å²) in [7, 11) is 0. The Bertz CT molecular complexity index is 507. The molecule has 1 aromatic rings. The van der Waals surface area contributed by atoms with E-state index in [1.807, 2.05) is 0 Å². The van der Waals surface area contributed by atoms with Crippen molar-refractivity contribution in [1.29, 1.82) is 0 Å². The third-order valence-electron chi connectivity index (χ3n) is 5.01. The third-order valence-corrected chi connectivity index (χ3v) is 5.01. The van der Waals surface area contributed by atoms with Crippen LogP contribution in [-0.2, 0) is 9.47 Å². The molecular formula is C20H28BaO4. The summed E-state index contributed by atoms with van der Waals surface area (Å²) in [5.41, 5.74) is 0.990. The molecule has 0 unspecified atom stereocenters. The zero-order chi connectivity index (χ0) is 16.8. The van der Waals surface area contributed by atoms with E-state index >= 15 is 0 Å². The van der Waals surface area contributed by atoms with Crippen molar-refractivity contribution >= 4 is 60.8 Å². The molecule has 0 heterocycles. The Kier molecular flexibility index (Phi) is 9.07. The van der Waals surface area contributed by atoms with Crippen LogP contribution in [0.25, 0.3) is 0 Å². The van der Waals surface area contributed by atoms with Gasteiger partial charge in [0.05, 0.1) is 11.1 Å². The first-order valence-corrected chi connectivity index (χ1v) is 9.24. The summed E-state index contributed by atoms with van der Waals surface area (Å²) < 4.78 is 11.1. The second-order valence-corrected chi connectivity index (χ2v) is 6.91. The summed E-state index contributed by atoms with van der Waals surface area (Å²) in [5, 5.41) is 0. The number of benzene rings is 1. The van der Waals surface area contributed by atoms with E-state index < -0.39 is 0 Å². The van der Waals surface area contributed by atoms with Crippen LogP contribution in [0, 0.1) is 0 Å². The first-order valence-electron chi connectivity index (χ1n) is 9.24. The van der Waals surface area contributed by atoms with Crippen LogP contribution < -0.4 is 0 Å². The molecule has 0 saturated heterocycles. The zero-order valence-electron chi connectivity index (χ0n) is 14.2. The van der Waals surface area contributed by atoms with Crippen molar-refractivity contribution in [2.24, 2.45) is 0 Å². The molecule has 0 amide bonds. The van der Waals surface area contributed by atoms with Gasteiger partial charge in [0, 0.05) is 0 Å². The molecule has 4 nitrogen and oxygen atoms in total. The molecule has 2 fully saturated rings. The first kappa shape index (κ1) is 21.0. The predicted molar refractivity (Wildman–Crippen MR) is 99.6 cm³/mol. The maximum atomic E-state index is 12.2. The Morgan fingerprint density at radius 3 is 1.28 bits per heavy atom. The molecular weight excluding hydrogens is 442 g/mol. The van der Waals surface area contributed by atoms with E-state index in [4.69, 9.17) is 9.47 Å². The summed E-state index contributed by atoms with van der Waals surface area (Å²) in [6.45, 7) is 0. The summed E-state index contributed by atoms with van der Waals surface area (Å²) >= 11 is 0. The summed E-state index contributed by atoms with van der Waals surface area (Å²) in [6, 6.07) is 6.62. The van der Waals surface area contributed by atoms with Gasteiger partial charge in [-0.3, -0.25) is 0 Å². The second-order valence-electron chi connectivity index (χ2n) is 6.91. The summed E-state index contributed by atoms with van der Waals surface area (Å²) in [6.07, 6.45) is 10.9. The van der Waals surface area contributed by atoms with Crippen molar-refractivity contribution < 1.29 is 19.1 Å². The molecule has 0 N–H and O–H groups in total. The fourth-order valence-corrected chi connectivity index (χ4v) is 3.55. The molecule has 0 radical (unpaired) electrons. The van der Waals surface area contributed by atoms with Gasteiger partial charge in [-0.2, -0.15) is 0 Å². The number of hydrogen-bond donors (Lipinski definition) is 0. The Balaban J connectivity index is 0.00000225. The van der Waals surface area contributed by atoms with Crippen molar-refractivity contribution in [1.82, 2.24) is 0 Å². The normalized spacial score (nSPS) is 18.9. The van der Waals surface area contributed by atoms with Gasteiger partial charge in [0.1, 0.15) is 12.2 Å². The fraction of sp³-hybridized carbons (Fsp3) is 0.600. The van der Waals surface area contributed by atoms with Crippen LogP contribution in [0.15, 0.2) is 24.3 Å². The third kappa shape index (κ3) is 6.44. The molecule has 5 heteroatoms. The Morgan fingerprint density at radius 2 is 0.960 bits per heavy atom. The standard InChI is InChI=1S/C20H26O4.Ba.2H/c21-19(23-17-7-3-1-4-8-17)15-11-13-16(14-12-15)20(22)24-18-9-5-2-6-10-18;;;/h11-14,17-18H,1-10H2;;;. The molecule has 0 atom stereocenters.